The van der Waals surface area contributed by atoms with Crippen LogP contribution in [0.5, 0.6) is 0 Å². The molecule has 0 amide bonds. The van der Waals surface area contributed by atoms with Gasteiger partial charge in [-0.15, -0.1) is 0 Å². The normalized spacial score (nSPS) is 14.7. The molecule has 1 aliphatic heterocycles. The number of fused-ring (bicyclic) bond motifs is 1. The molecule has 0 atom stereocenters. The van der Waals surface area contributed by atoms with Gasteiger partial charge in [-0.3, -0.25) is 4.90 Å². The predicted molar refractivity (Wildman–Crippen MR) is 86.3 cm³/mol. The third-order valence-corrected chi connectivity index (χ3v) is 4.27. The quantitative estimate of drug-likeness (QED) is 0.739. The Morgan fingerprint density at radius 3 is 2.83 bits per heavy atom. The third kappa shape index (κ3) is 2.85. The van der Waals surface area contributed by atoms with Crippen molar-refractivity contribution in [1.29, 1.82) is 0 Å². The van der Waals surface area contributed by atoms with Gasteiger partial charge in [0.05, 0.1) is 11.3 Å². The number of hydrogen-bond acceptors (Lipinski definition) is 5. The Kier molecular flexibility index (Phi) is 3.59. The van der Waals surface area contributed by atoms with Gasteiger partial charge in [0.2, 0.25) is 0 Å². The highest BCUT2D eigenvalue weighted by molar-refractivity contribution is 5.52. The first-order valence-corrected chi connectivity index (χ1v) is 7.72. The van der Waals surface area contributed by atoms with Crippen LogP contribution in [0.15, 0.2) is 43.2 Å². The first-order valence-electron chi connectivity index (χ1n) is 7.72. The summed E-state index contributed by atoms with van der Waals surface area (Å²) < 4.78 is 2.17. The first kappa shape index (κ1) is 14.0. The number of hydrogen-bond donors (Lipinski definition) is 0. The summed E-state index contributed by atoms with van der Waals surface area (Å²) in [5.74, 6) is 0.709. The fourth-order valence-corrected chi connectivity index (χ4v) is 2.95. The highest BCUT2D eigenvalue weighted by atomic mass is 15.2. The van der Waals surface area contributed by atoms with Gasteiger partial charge in [0.15, 0.2) is 5.82 Å². The molecule has 0 spiro atoms. The summed E-state index contributed by atoms with van der Waals surface area (Å²) >= 11 is 0. The number of aromatic nitrogens is 5. The molecule has 4 heterocycles. The second-order valence-corrected chi connectivity index (χ2v) is 5.86. The zero-order valence-electron chi connectivity index (χ0n) is 13.1. The lowest BCUT2D eigenvalue weighted by atomic mass is 10.1. The third-order valence-electron chi connectivity index (χ3n) is 4.27. The maximum atomic E-state index is 4.71. The van der Waals surface area contributed by atoms with Crippen LogP contribution in [0.3, 0.4) is 0 Å². The van der Waals surface area contributed by atoms with Crippen LogP contribution in [0.4, 0.5) is 0 Å². The van der Waals surface area contributed by atoms with Crippen molar-refractivity contribution in [2.24, 2.45) is 7.05 Å². The van der Waals surface area contributed by atoms with Gasteiger partial charge in [0.1, 0.15) is 6.33 Å². The second-order valence-electron chi connectivity index (χ2n) is 5.86. The van der Waals surface area contributed by atoms with E-state index in [9.17, 15) is 0 Å². The molecule has 3 aromatic rings. The molecule has 0 unspecified atom stereocenters. The van der Waals surface area contributed by atoms with E-state index in [0.717, 1.165) is 37.3 Å². The van der Waals surface area contributed by atoms with Gasteiger partial charge in [-0.05, 0) is 12.1 Å². The van der Waals surface area contributed by atoms with E-state index in [1.807, 2.05) is 6.20 Å². The molecule has 0 fully saturated rings. The maximum Gasteiger partial charge on any atom is 0.162 e. The Morgan fingerprint density at radius 1 is 1.17 bits per heavy atom. The summed E-state index contributed by atoms with van der Waals surface area (Å²) in [5.41, 5.74) is 4.54. The van der Waals surface area contributed by atoms with Crippen LogP contribution in [-0.4, -0.2) is 35.9 Å². The highest BCUT2D eigenvalue weighted by Gasteiger charge is 2.19. The molecule has 0 N–H and O–H groups in total. The number of nitrogens with zero attached hydrogens (tertiary/aromatic N) is 6. The maximum absolute atomic E-state index is 4.71. The SMILES string of the molecule is Cn1cccc1CN1CCc2nc(-c3cncnc3)ncc2C1. The smallest absolute Gasteiger partial charge is 0.162 e. The molecule has 23 heavy (non-hydrogen) atoms. The Hall–Kier alpha value is -2.60. The van der Waals surface area contributed by atoms with Crippen LogP contribution in [0.2, 0.25) is 0 Å². The van der Waals surface area contributed by atoms with E-state index < -0.39 is 0 Å². The Bertz CT molecular complexity index is 811. The zero-order chi connectivity index (χ0) is 15.6. The summed E-state index contributed by atoms with van der Waals surface area (Å²) in [6.07, 6.45) is 10.00. The molecule has 6 nitrogen and oxygen atoms in total. The first-order chi connectivity index (χ1) is 11.3. The highest BCUT2D eigenvalue weighted by Crippen LogP contribution is 2.21. The molecule has 0 aromatic carbocycles. The van der Waals surface area contributed by atoms with Crippen molar-refractivity contribution in [3.05, 3.63) is 60.2 Å². The van der Waals surface area contributed by atoms with E-state index >= 15 is 0 Å². The molecular formula is C17H18N6. The average Bonchev–Trinajstić information content (AvgIpc) is 3.00. The van der Waals surface area contributed by atoms with Gasteiger partial charge in [0, 0.05) is 69.1 Å². The summed E-state index contributed by atoms with van der Waals surface area (Å²) in [4.78, 5) is 19.7. The molecule has 3 aromatic heterocycles. The van der Waals surface area contributed by atoms with Crippen molar-refractivity contribution in [3.63, 3.8) is 0 Å². The van der Waals surface area contributed by atoms with Crippen molar-refractivity contribution < 1.29 is 0 Å². The Balaban J connectivity index is 1.53. The fraction of sp³-hybridized carbons (Fsp3) is 0.294. The predicted octanol–water partition coefficient (Wildman–Crippen LogP) is 1.83. The minimum absolute atomic E-state index is 0.709. The van der Waals surface area contributed by atoms with Crippen LogP contribution in [-0.2, 0) is 26.6 Å². The van der Waals surface area contributed by atoms with Crippen LogP contribution in [0, 0.1) is 0 Å². The van der Waals surface area contributed by atoms with E-state index in [4.69, 9.17) is 4.98 Å². The molecule has 4 rings (SSSR count). The molecule has 1 aliphatic rings. The van der Waals surface area contributed by atoms with Crippen LogP contribution >= 0.6 is 0 Å². The Labute approximate surface area is 134 Å². The van der Waals surface area contributed by atoms with Crippen molar-refractivity contribution in [2.45, 2.75) is 19.5 Å². The summed E-state index contributed by atoms with van der Waals surface area (Å²) in [7, 11) is 2.09. The second kappa shape index (κ2) is 5.89. The summed E-state index contributed by atoms with van der Waals surface area (Å²) in [5, 5.41) is 0. The fourth-order valence-electron chi connectivity index (χ4n) is 2.95. The zero-order valence-corrected chi connectivity index (χ0v) is 13.1. The molecular weight excluding hydrogens is 288 g/mol. The van der Waals surface area contributed by atoms with E-state index in [-0.39, 0.29) is 0 Å². The van der Waals surface area contributed by atoms with Crippen LogP contribution in [0.25, 0.3) is 11.4 Å². The lowest BCUT2D eigenvalue weighted by Gasteiger charge is -2.28. The van der Waals surface area contributed by atoms with Crippen molar-refractivity contribution in [1.82, 2.24) is 29.4 Å². The monoisotopic (exact) mass is 306 g/mol. The summed E-state index contributed by atoms with van der Waals surface area (Å²) in [6.45, 7) is 2.86. The van der Waals surface area contributed by atoms with Gasteiger partial charge < -0.3 is 4.57 Å². The van der Waals surface area contributed by atoms with Crippen LogP contribution < -0.4 is 0 Å². The molecule has 6 heteroatoms. The van der Waals surface area contributed by atoms with Gasteiger partial charge >= 0.3 is 0 Å². The van der Waals surface area contributed by atoms with E-state index in [2.05, 4.69) is 49.8 Å². The largest absolute Gasteiger partial charge is 0.353 e. The minimum atomic E-state index is 0.709. The molecule has 0 bridgehead atoms. The lowest BCUT2D eigenvalue weighted by Crippen LogP contribution is -2.31. The van der Waals surface area contributed by atoms with Crippen LogP contribution in [0.1, 0.15) is 17.0 Å². The minimum Gasteiger partial charge on any atom is -0.353 e. The lowest BCUT2D eigenvalue weighted by molar-refractivity contribution is 0.238. The average molecular weight is 306 g/mol. The van der Waals surface area contributed by atoms with E-state index in [0.29, 0.717) is 5.82 Å². The number of rotatable bonds is 3. The summed E-state index contributed by atoms with van der Waals surface area (Å²) in [6, 6.07) is 4.26. The van der Waals surface area contributed by atoms with Gasteiger partial charge in [-0.25, -0.2) is 19.9 Å². The molecule has 0 aliphatic carbocycles. The standard InChI is InChI=1S/C17H18N6/c1-22-5-2-3-15(22)11-23-6-4-16-14(10-23)9-20-17(21-16)13-7-18-12-19-8-13/h2-3,5,7-9,12H,4,6,10-11H2,1H3. The van der Waals surface area contributed by atoms with Gasteiger partial charge in [-0.2, -0.15) is 0 Å². The molecule has 116 valence electrons. The van der Waals surface area contributed by atoms with E-state index in [1.54, 1.807) is 12.4 Å². The molecule has 0 saturated carbocycles. The topological polar surface area (TPSA) is 59.7 Å². The number of aryl methyl sites for hydroxylation is 1. The van der Waals surface area contributed by atoms with Crippen molar-refractivity contribution in [3.8, 4) is 11.4 Å². The molecule has 0 radical (unpaired) electrons. The van der Waals surface area contributed by atoms with Crippen molar-refractivity contribution >= 4 is 0 Å². The van der Waals surface area contributed by atoms with Gasteiger partial charge in [0.25, 0.3) is 0 Å². The Morgan fingerprint density at radius 2 is 2.04 bits per heavy atom. The van der Waals surface area contributed by atoms with E-state index in [1.165, 1.54) is 17.6 Å². The van der Waals surface area contributed by atoms with Gasteiger partial charge in [-0.1, -0.05) is 0 Å². The van der Waals surface area contributed by atoms with Crippen molar-refractivity contribution in [2.75, 3.05) is 6.54 Å². The molecule has 0 saturated heterocycles.